The zero-order chi connectivity index (χ0) is 21.7. The van der Waals surface area contributed by atoms with Gasteiger partial charge in [-0.25, -0.2) is 0 Å². The number of hydrogen-bond acceptors (Lipinski definition) is 0. The van der Waals surface area contributed by atoms with E-state index in [1.807, 2.05) is 0 Å². The molecule has 6 rings (SSSR count). The van der Waals surface area contributed by atoms with E-state index in [1.165, 1.54) is 60.5 Å². The van der Waals surface area contributed by atoms with E-state index in [0.29, 0.717) is 5.92 Å². The van der Waals surface area contributed by atoms with Crippen molar-refractivity contribution in [2.45, 2.75) is 20.3 Å². The van der Waals surface area contributed by atoms with E-state index in [4.69, 9.17) is 0 Å². The molecular weight excluding hydrogens is 384 g/mol. The minimum absolute atomic E-state index is 0.545. The second-order valence-electron chi connectivity index (χ2n) is 9.16. The van der Waals surface area contributed by atoms with Gasteiger partial charge >= 0.3 is 0 Å². The lowest BCUT2D eigenvalue weighted by molar-refractivity contribution is 0.755. The monoisotopic (exact) mass is 410 g/mol. The maximum Gasteiger partial charge on any atom is -0.00489 e. The van der Waals surface area contributed by atoms with Crippen molar-refractivity contribution < 1.29 is 0 Å². The van der Waals surface area contributed by atoms with Gasteiger partial charge < -0.3 is 0 Å². The molecule has 0 saturated carbocycles. The lowest BCUT2D eigenvalue weighted by Crippen LogP contribution is -1.96. The fourth-order valence-electron chi connectivity index (χ4n) is 5.24. The molecule has 1 aliphatic rings. The average Bonchev–Trinajstić information content (AvgIpc) is 3.29. The van der Waals surface area contributed by atoms with Crippen molar-refractivity contribution in [3.8, 4) is 22.3 Å². The number of benzene rings is 5. The Morgan fingerprint density at radius 1 is 0.531 bits per heavy atom. The molecular formula is C32H26. The molecule has 0 unspecified atom stereocenters. The van der Waals surface area contributed by atoms with Crippen molar-refractivity contribution in [1.82, 2.24) is 0 Å². The predicted molar refractivity (Wildman–Crippen MR) is 139 cm³/mol. The molecule has 0 heteroatoms. The molecule has 0 aromatic heterocycles. The second kappa shape index (κ2) is 7.50. The van der Waals surface area contributed by atoms with Crippen LogP contribution in [0.1, 0.15) is 25.0 Å². The van der Waals surface area contributed by atoms with E-state index in [2.05, 4.69) is 117 Å². The van der Waals surface area contributed by atoms with Gasteiger partial charge in [-0.15, -0.1) is 0 Å². The molecule has 1 aliphatic carbocycles. The van der Waals surface area contributed by atoms with E-state index in [-0.39, 0.29) is 0 Å². The summed E-state index contributed by atoms with van der Waals surface area (Å²) >= 11 is 0. The lowest BCUT2D eigenvalue weighted by Gasteiger charge is -2.17. The van der Waals surface area contributed by atoms with E-state index >= 15 is 0 Å². The van der Waals surface area contributed by atoms with Crippen molar-refractivity contribution in [2.24, 2.45) is 5.92 Å². The summed E-state index contributed by atoms with van der Waals surface area (Å²) in [6, 6.07) is 35.5. The Morgan fingerprint density at radius 3 is 1.69 bits per heavy atom. The third-order valence-electron chi connectivity index (χ3n) is 6.97. The van der Waals surface area contributed by atoms with E-state index in [9.17, 15) is 0 Å². The highest BCUT2D eigenvalue weighted by molar-refractivity contribution is 6.02. The minimum Gasteiger partial charge on any atom is -0.0626 e. The van der Waals surface area contributed by atoms with Crippen molar-refractivity contribution in [2.75, 3.05) is 0 Å². The summed E-state index contributed by atoms with van der Waals surface area (Å²) < 4.78 is 0. The molecule has 154 valence electrons. The van der Waals surface area contributed by atoms with Crippen LogP contribution in [0, 0.1) is 5.92 Å². The van der Waals surface area contributed by atoms with Gasteiger partial charge in [-0.3, -0.25) is 0 Å². The molecule has 0 aliphatic heterocycles. The molecule has 5 aromatic rings. The zero-order valence-corrected chi connectivity index (χ0v) is 18.6. The molecule has 0 nitrogen and oxygen atoms in total. The van der Waals surface area contributed by atoms with Gasteiger partial charge in [0.05, 0.1) is 0 Å². The number of rotatable bonds is 3. The first-order valence-corrected chi connectivity index (χ1v) is 11.5. The van der Waals surface area contributed by atoms with Crippen molar-refractivity contribution in [3.05, 3.63) is 114 Å². The van der Waals surface area contributed by atoms with Gasteiger partial charge in [-0.05, 0) is 67.3 Å². The molecule has 0 heterocycles. The Hall–Kier alpha value is -3.64. The summed E-state index contributed by atoms with van der Waals surface area (Å²) in [6.07, 6.45) is 3.50. The van der Waals surface area contributed by atoms with Crippen LogP contribution in [-0.2, 0) is 6.42 Å². The van der Waals surface area contributed by atoms with Gasteiger partial charge in [-0.1, -0.05) is 123 Å². The summed E-state index contributed by atoms with van der Waals surface area (Å²) in [7, 11) is 0. The Balaban J connectivity index is 1.63. The SMILES string of the molecule is CC(C)C1=Cc2c(-c3cccc4ccccc34)ccc(-c3cccc4ccccc34)c2C1. The first-order valence-electron chi connectivity index (χ1n) is 11.5. The van der Waals surface area contributed by atoms with Crippen LogP contribution in [-0.4, -0.2) is 0 Å². The Morgan fingerprint density at radius 2 is 1.06 bits per heavy atom. The Labute approximate surface area is 189 Å². The molecule has 0 atom stereocenters. The van der Waals surface area contributed by atoms with Crippen molar-refractivity contribution in [1.29, 1.82) is 0 Å². The van der Waals surface area contributed by atoms with Crippen LogP contribution in [0.2, 0.25) is 0 Å². The van der Waals surface area contributed by atoms with E-state index in [1.54, 1.807) is 0 Å². The number of hydrogen-bond donors (Lipinski definition) is 0. The summed E-state index contributed by atoms with van der Waals surface area (Å²) in [6.45, 7) is 4.62. The largest absolute Gasteiger partial charge is 0.0626 e. The topological polar surface area (TPSA) is 0 Å². The lowest BCUT2D eigenvalue weighted by atomic mass is 9.87. The smallest absolute Gasteiger partial charge is 0.00489 e. The van der Waals surface area contributed by atoms with E-state index in [0.717, 1.165) is 6.42 Å². The maximum absolute atomic E-state index is 2.46. The Bertz CT molecular complexity index is 1500. The van der Waals surface area contributed by atoms with Gasteiger partial charge in [0.2, 0.25) is 0 Å². The molecule has 0 fully saturated rings. The van der Waals surface area contributed by atoms with Crippen molar-refractivity contribution in [3.63, 3.8) is 0 Å². The van der Waals surface area contributed by atoms with Crippen LogP contribution in [0.5, 0.6) is 0 Å². The first-order chi connectivity index (χ1) is 15.7. The molecule has 0 bridgehead atoms. The molecule has 32 heavy (non-hydrogen) atoms. The highest BCUT2D eigenvalue weighted by atomic mass is 14.3. The van der Waals surface area contributed by atoms with Crippen LogP contribution in [0.4, 0.5) is 0 Å². The summed E-state index contributed by atoms with van der Waals surface area (Å²) in [4.78, 5) is 0. The van der Waals surface area contributed by atoms with Crippen molar-refractivity contribution >= 4 is 27.6 Å². The molecule has 0 spiro atoms. The quantitative estimate of drug-likeness (QED) is 0.278. The van der Waals surface area contributed by atoms with Gasteiger partial charge in [0.1, 0.15) is 0 Å². The van der Waals surface area contributed by atoms with E-state index < -0.39 is 0 Å². The van der Waals surface area contributed by atoms with Gasteiger partial charge in [-0.2, -0.15) is 0 Å². The van der Waals surface area contributed by atoms with Gasteiger partial charge in [0, 0.05) is 0 Å². The normalized spacial score (nSPS) is 13.0. The third-order valence-corrected chi connectivity index (χ3v) is 6.97. The number of fused-ring (bicyclic) bond motifs is 3. The minimum atomic E-state index is 0.545. The maximum atomic E-state index is 2.46. The van der Waals surface area contributed by atoms with Crippen LogP contribution >= 0.6 is 0 Å². The van der Waals surface area contributed by atoms with Crippen LogP contribution in [0.15, 0.2) is 103 Å². The summed E-state index contributed by atoms with van der Waals surface area (Å²) in [5, 5.41) is 5.24. The average molecular weight is 411 g/mol. The predicted octanol–water partition coefficient (Wildman–Crippen LogP) is 8.92. The summed E-state index contributed by atoms with van der Waals surface area (Å²) in [5.41, 5.74) is 9.76. The first kappa shape index (κ1) is 19.1. The standard InChI is InChI=1S/C32H26/c1-21(2)24-19-31-29(27-15-7-11-22-9-3-5-13-25(22)27)17-18-30(32(31)20-24)28-16-8-12-23-10-4-6-14-26(23)28/h3-19,21H,20H2,1-2H3. The van der Waals surface area contributed by atoms with Gasteiger partial charge in [0.15, 0.2) is 0 Å². The molecule has 0 amide bonds. The molecule has 5 aromatic carbocycles. The third kappa shape index (κ3) is 2.99. The molecule has 0 N–H and O–H groups in total. The molecule has 0 saturated heterocycles. The second-order valence-corrected chi connectivity index (χ2v) is 9.16. The van der Waals surface area contributed by atoms with Gasteiger partial charge in [0.25, 0.3) is 0 Å². The highest BCUT2D eigenvalue weighted by Gasteiger charge is 2.23. The van der Waals surface area contributed by atoms with Crippen LogP contribution in [0.3, 0.4) is 0 Å². The zero-order valence-electron chi connectivity index (χ0n) is 18.6. The van der Waals surface area contributed by atoms with Crippen LogP contribution in [0.25, 0.3) is 49.9 Å². The highest BCUT2D eigenvalue weighted by Crippen LogP contribution is 2.44. The Kier molecular flexibility index (Phi) is 4.47. The molecule has 0 radical (unpaired) electrons. The summed E-state index contributed by atoms with van der Waals surface area (Å²) in [5.74, 6) is 0.545. The number of allylic oxidation sites excluding steroid dienone is 1. The van der Waals surface area contributed by atoms with Crippen LogP contribution < -0.4 is 0 Å². The fourth-order valence-corrected chi connectivity index (χ4v) is 5.24. The fraction of sp³-hybridized carbons (Fsp3) is 0.125.